The topological polar surface area (TPSA) is 50.4 Å². The Morgan fingerprint density at radius 2 is 1.55 bits per heavy atom. The fourth-order valence-electron chi connectivity index (χ4n) is 2.80. The summed E-state index contributed by atoms with van der Waals surface area (Å²) in [6.07, 6.45) is 0. The van der Waals surface area contributed by atoms with Gasteiger partial charge in [-0.2, -0.15) is 0 Å². The smallest absolute Gasteiger partial charge is 0.226 e. The minimum Gasteiger partial charge on any atom is -0.489 e. The number of hydrogen-bond donors (Lipinski definition) is 2. The van der Waals surface area contributed by atoms with Crippen LogP contribution in [0.1, 0.15) is 30.5 Å². The SMILES string of the molecule is Cc1ccccc1COc1ccc(CNc2ccc(NC(=O)C(C)C)cc2)cc1. The summed E-state index contributed by atoms with van der Waals surface area (Å²) in [4.78, 5) is 11.7. The summed E-state index contributed by atoms with van der Waals surface area (Å²) in [6.45, 7) is 7.15. The molecule has 0 bridgehead atoms. The lowest BCUT2D eigenvalue weighted by Gasteiger charge is -2.11. The Kier molecular flexibility index (Phi) is 6.90. The molecule has 3 aromatic rings. The Balaban J connectivity index is 1.48. The number of ether oxygens (including phenoxy) is 1. The maximum Gasteiger partial charge on any atom is 0.226 e. The summed E-state index contributed by atoms with van der Waals surface area (Å²) in [6, 6.07) is 24.1. The van der Waals surface area contributed by atoms with Gasteiger partial charge in [0.05, 0.1) is 0 Å². The number of anilines is 2. The number of hydrogen-bond acceptors (Lipinski definition) is 3. The van der Waals surface area contributed by atoms with Crippen molar-refractivity contribution in [1.29, 1.82) is 0 Å². The van der Waals surface area contributed by atoms with Crippen LogP contribution in [-0.2, 0) is 17.9 Å². The molecule has 150 valence electrons. The van der Waals surface area contributed by atoms with Gasteiger partial charge in [0.15, 0.2) is 0 Å². The van der Waals surface area contributed by atoms with Gasteiger partial charge in [0, 0.05) is 23.8 Å². The molecular weight excluding hydrogens is 360 g/mol. The summed E-state index contributed by atoms with van der Waals surface area (Å²) < 4.78 is 5.90. The molecule has 0 aliphatic rings. The number of aryl methyl sites for hydroxylation is 1. The van der Waals surface area contributed by atoms with Crippen molar-refractivity contribution in [2.24, 2.45) is 5.92 Å². The van der Waals surface area contributed by atoms with Crippen molar-refractivity contribution in [3.05, 3.63) is 89.5 Å². The zero-order chi connectivity index (χ0) is 20.6. The Labute approximate surface area is 172 Å². The van der Waals surface area contributed by atoms with Crippen molar-refractivity contribution in [2.75, 3.05) is 10.6 Å². The maximum atomic E-state index is 11.7. The van der Waals surface area contributed by atoms with Crippen LogP contribution in [0.4, 0.5) is 11.4 Å². The molecule has 1 amide bonds. The van der Waals surface area contributed by atoms with E-state index in [4.69, 9.17) is 4.74 Å². The first kappa shape index (κ1) is 20.5. The van der Waals surface area contributed by atoms with E-state index in [1.165, 1.54) is 16.7 Å². The number of benzene rings is 3. The molecular formula is C25H28N2O2. The molecule has 0 aliphatic carbocycles. The second-order valence-electron chi connectivity index (χ2n) is 7.43. The first-order valence-corrected chi connectivity index (χ1v) is 9.92. The van der Waals surface area contributed by atoms with Crippen LogP contribution in [0.15, 0.2) is 72.8 Å². The second kappa shape index (κ2) is 9.78. The lowest BCUT2D eigenvalue weighted by Crippen LogP contribution is -2.17. The van der Waals surface area contributed by atoms with Crippen molar-refractivity contribution >= 4 is 17.3 Å². The summed E-state index contributed by atoms with van der Waals surface area (Å²) in [5.74, 6) is 0.856. The molecule has 0 spiro atoms. The Bertz CT molecular complexity index is 932. The molecule has 3 rings (SSSR count). The van der Waals surface area contributed by atoms with Crippen LogP contribution in [0.5, 0.6) is 5.75 Å². The highest BCUT2D eigenvalue weighted by molar-refractivity contribution is 5.92. The molecule has 0 saturated heterocycles. The highest BCUT2D eigenvalue weighted by Gasteiger charge is 2.06. The van der Waals surface area contributed by atoms with Gasteiger partial charge < -0.3 is 15.4 Å². The minimum absolute atomic E-state index is 0.0236. The van der Waals surface area contributed by atoms with Gasteiger partial charge in [-0.3, -0.25) is 4.79 Å². The standard InChI is InChI=1S/C25H28N2O2/c1-18(2)25(28)27-23-12-10-22(11-13-23)26-16-20-8-14-24(15-9-20)29-17-21-7-5-4-6-19(21)3/h4-15,18,26H,16-17H2,1-3H3,(H,27,28). The van der Waals surface area contributed by atoms with E-state index in [2.05, 4.69) is 41.8 Å². The first-order chi connectivity index (χ1) is 14.0. The van der Waals surface area contributed by atoms with Crippen LogP contribution in [0.3, 0.4) is 0 Å². The predicted molar refractivity (Wildman–Crippen MR) is 119 cm³/mol. The molecule has 0 radical (unpaired) electrons. The monoisotopic (exact) mass is 388 g/mol. The molecule has 2 N–H and O–H groups in total. The molecule has 3 aromatic carbocycles. The van der Waals surface area contributed by atoms with E-state index in [1.807, 2.05) is 62.4 Å². The highest BCUT2D eigenvalue weighted by atomic mass is 16.5. The third kappa shape index (κ3) is 6.11. The molecule has 0 unspecified atom stereocenters. The Morgan fingerprint density at radius 3 is 2.21 bits per heavy atom. The fourth-order valence-corrected chi connectivity index (χ4v) is 2.80. The largest absolute Gasteiger partial charge is 0.489 e. The zero-order valence-electron chi connectivity index (χ0n) is 17.2. The molecule has 4 nitrogen and oxygen atoms in total. The summed E-state index contributed by atoms with van der Waals surface area (Å²) >= 11 is 0. The number of nitrogens with one attached hydrogen (secondary N) is 2. The molecule has 0 aromatic heterocycles. The van der Waals surface area contributed by atoms with Crippen LogP contribution >= 0.6 is 0 Å². The minimum atomic E-state index is -0.0310. The van der Waals surface area contributed by atoms with Gasteiger partial charge in [0.25, 0.3) is 0 Å². The average Bonchev–Trinajstić information content (AvgIpc) is 2.73. The van der Waals surface area contributed by atoms with Gasteiger partial charge in [0.1, 0.15) is 12.4 Å². The first-order valence-electron chi connectivity index (χ1n) is 9.92. The maximum absolute atomic E-state index is 11.7. The molecule has 0 aliphatic heterocycles. The van der Waals surface area contributed by atoms with E-state index in [-0.39, 0.29) is 11.8 Å². The lowest BCUT2D eigenvalue weighted by atomic mass is 10.1. The van der Waals surface area contributed by atoms with E-state index in [0.29, 0.717) is 6.61 Å². The Morgan fingerprint density at radius 1 is 0.897 bits per heavy atom. The summed E-state index contributed by atoms with van der Waals surface area (Å²) in [5, 5.41) is 6.29. The quantitative estimate of drug-likeness (QED) is 0.514. The predicted octanol–water partition coefficient (Wildman–Crippen LogP) is 5.78. The van der Waals surface area contributed by atoms with E-state index in [9.17, 15) is 4.79 Å². The molecule has 0 saturated carbocycles. The van der Waals surface area contributed by atoms with Gasteiger partial charge >= 0.3 is 0 Å². The van der Waals surface area contributed by atoms with Crippen LogP contribution in [0, 0.1) is 12.8 Å². The summed E-state index contributed by atoms with van der Waals surface area (Å²) in [5.41, 5.74) is 5.43. The van der Waals surface area contributed by atoms with E-state index in [0.717, 1.165) is 23.7 Å². The van der Waals surface area contributed by atoms with Gasteiger partial charge in [-0.15, -0.1) is 0 Å². The summed E-state index contributed by atoms with van der Waals surface area (Å²) in [7, 11) is 0. The second-order valence-corrected chi connectivity index (χ2v) is 7.43. The van der Waals surface area contributed by atoms with Crippen LogP contribution in [-0.4, -0.2) is 5.91 Å². The molecule has 0 atom stereocenters. The van der Waals surface area contributed by atoms with Crippen LogP contribution in [0.2, 0.25) is 0 Å². The van der Waals surface area contributed by atoms with Gasteiger partial charge in [-0.05, 0) is 60.0 Å². The van der Waals surface area contributed by atoms with E-state index in [1.54, 1.807) is 0 Å². The van der Waals surface area contributed by atoms with Crippen LogP contribution < -0.4 is 15.4 Å². The number of amides is 1. The number of carbonyl (C=O) groups excluding carboxylic acids is 1. The van der Waals surface area contributed by atoms with Gasteiger partial charge in [0.2, 0.25) is 5.91 Å². The normalized spacial score (nSPS) is 10.6. The zero-order valence-corrected chi connectivity index (χ0v) is 17.2. The fraction of sp³-hybridized carbons (Fsp3) is 0.240. The molecule has 4 heteroatoms. The molecule has 29 heavy (non-hydrogen) atoms. The number of carbonyl (C=O) groups is 1. The van der Waals surface area contributed by atoms with E-state index >= 15 is 0 Å². The van der Waals surface area contributed by atoms with Crippen molar-refractivity contribution in [3.8, 4) is 5.75 Å². The van der Waals surface area contributed by atoms with Crippen LogP contribution in [0.25, 0.3) is 0 Å². The number of rotatable bonds is 8. The third-order valence-corrected chi connectivity index (χ3v) is 4.75. The molecule has 0 heterocycles. The third-order valence-electron chi connectivity index (χ3n) is 4.75. The van der Waals surface area contributed by atoms with Gasteiger partial charge in [-0.1, -0.05) is 50.2 Å². The van der Waals surface area contributed by atoms with Gasteiger partial charge in [-0.25, -0.2) is 0 Å². The van der Waals surface area contributed by atoms with Crippen molar-refractivity contribution < 1.29 is 9.53 Å². The lowest BCUT2D eigenvalue weighted by molar-refractivity contribution is -0.118. The Hall–Kier alpha value is -3.27. The van der Waals surface area contributed by atoms with Crippen molar-refractivity contribution in [1.82, 2.24) is 0 Å². The van der Waals surface area contributed by atoms with Crippen molar-refractivity contribution in [2.45, 2.75) is 33.9 Å². The highest BCUT2D eigenvalue weighted by Crippen LogP contribution is 2.18. The van der Waals surface area contributed by atoms with Crippen molar-refractivity contribution in [3.63, 3.8) is 0 Å². The van der Waals surface area contributed by atoms with E-state index < -0.39 is 0 Å². The molecule has 0 fully saturated rings. The average molecular weight is 389 g/mol.